The van der Waals surface area contributed by atoms with Gasteiger partial charge < -0.3 is 14.2 Å². The standard InChI is InChI=1S/C15H11F5O3/c1-21-6-4-7(22-2)9(8(5-6)23-3)10-11(16)13(18)15(20)14(19)12(10)17/h4-5H,1-3H3. The summed E-state index contributed by atoms with van der Waals surface area (Å²) in [7, 11) is 3.67. The SMILES string of the molecule is COc1cc(OC)c(-c2c(F)c(F)c(F)c(F)c2F)c(OC)c1. The smallest absolute Gasteiger partial charge is 0.200 e. The summed E-state index contributed by atoms with van der Waals surface area (Å²) >= 11 is 0. The molecule has 0 aromatic heterocycles. The van der Waals surface area contributed by atoms with Crippen LogP contribution < -0.4 is 14.2 Å². The molecule has 2 aromatic carbocycles. The summed E-state index contributed by atoms with van der Waals surface area (Å²) < 4.78 is 83.0. The lowest BCUT2D eigenvalue weighted by atomic mass is 10.0. The highest BCUT2D eigenvalue weighted by atomic mass is 19.2. The van der Waals surface area contributed by atoms with Crippen LogP contribution in [0.25, 0.3) is 11.1 Å². The number of hydrogen-bond donors (Lipinski definition) is 0. The van der Waals surface area contributed by atoms with Crippen LogP contribution in [0.4, 0.5) is 22.0 Å². The summed E-state index contributed by atoms with van der Waals surface area (Å²) in [5.41, 5.74) is -1.55. The molecule has 0 heterocycles. The first-order chi connectivity index (χ1) is 10.9. The predicted octanol–water partition coefficient (Wildman–Crippen LogP) is 4.07. The van der Waals surface area contributed by atoms with Gasteiger partial charge in [-0.3, -0.25) is 0 Å². The largest absolute Gasteiger partial charge is 0.496 e. The number of ether oxygens (including phenoxy) is 3. The zero-order valence-corrected chi connectivity index (χ0v) is 12.3. The highest BCUT2D eigenvalue weighted by molar-refractivity contribution is 5.79. The zero-order valence-electron chi connectivity index (χ0n) is 12.3. The number of benzene rings is 2. The van der Waals surface area contributed by atoms with Crippen LogP contribution in [-0.2, 0) is 0 Å². The Morgan fingerprint density at radius 2 is 0.957 bits per heavy atom. The van der Waals surface area contributed by atoms with Gasteiger partial charge in [0.05, 0.1) is 32.5 Å². The van der Waals surface area contributed by atoms with Gasteiger partial charge in [0.15, 0.2) is 23.3 Å². The highest BCUT2D eigenvalue weighted by Crippen LogP contribution is 2.45. The van der Waals surface area contributed by atoms with Crippen molar-refractivity contribution in [2.45, 2.75) is 0 Å². The van der Waals surface area contributed by atoms with Crippen LogP contribution in [0, 0.1) is 29.1 Å². The fourth-order valence-electron chi connectivity index (χ4n) is 2.08. The molecule has 0 aliphatic carbocycles. The van der Waals surface area contributed by atoms with E-state index in [2.05, 4.69) is 0 Å². The van der Waals surface area contributed by atoms with Crippen molar-refractivity contribution in [3.63, 3.8) is 0 Å². The maximum absolute atomic E-state index is 14.0. The fourth-order valence-corrected chi connectivity index (χ4v) is 2.08. The van der Waals surface area contributed by atoms with Crippen molar-refractivity contribution >= 4 is 0 Å². The van der Waals surface area contributed by atoms with E-state index in [-0.39, 0.29) is 17.2 Å². The molecule has 0 fully saturated rings. The Hall–Kier alpha value is -2.51. The van der Waals surface area contributed by atoms with E-state index in [9.17, 15) is 22.0 Å². The minimum Gasteiger partial charge on any atom is -0.496 e. The van der Waals surface area contributed by atoms with Crippen molar-refractivity contribution in [2.24, 2.45) is 0 Å². The summed E-state index contributed by atoms with van der Waals surface area (Å²) in [5, 5.41) is 0. The van der Waals surface area contributed by atoms with E-state index >= 15 is 0 Å². The molecule has 124 valence electrons. The first-order valence-corrected chi connectivity index (χ1v) is 6.19. The lowest BCUT2D eigenvalue weighted by Gasteiger charge is -2.17. The molecule has 0 bridgehead atoms. The van der Waals surface area contributed by atoms with Gasteiger partial charge in [0.2, 0.25) is 5.82 Å². The molecular weight excluding hydrogens is 323 g/mol. The molecule has 0 radical (unpaired) electrons. The first kappa shape index (κ1) is 16.9. The zero-order chi connectivity index (χ0) is 17.3. The number of hydrogen-bond acceptors (Lipinski definition) is 3. The molecule has 0 saturated carbocycles. The van der Waals surface area contributed by atoms with E-state index in [1.54, 1.807) is 0 Å². The molecule has 2 aromatic rings. The van der Waals surface area contributed by atoms with Crippen LogP contribution in [0.5, 0.6) is 17.2 Å². The highest BCUT2D eigenvalue weighted by Gasteiger charge is 2.30. The Labute approximate surface area is 128 Å². The summed E-state index contributed by atoms with van der Waals surface area (Å²) in [6, 6.07) is 2.46. The third kappa shape index (κ3) is 2.64. The van der Waals surface area contributed by atoms with Crippen molar-refractivity contribution < 1.29 is 36.2 Å². The lowest BCUT2D eigenvalue weighted by molar-refractivity contribution is 0.370. The molecule has 0 amide bonds. The summed E-state index contributed by atoms with van der Waals surface area (Å²) in [4.78, 5) is 0. The Morgan fingerprint density at radius 1 is 0.565 bits per heavy atom. The van der Waals surface area contributed by atoms with E-state index in [0.717, 1.165) is 0 Å². The van der Waals surface area contributed by atoms with Crippen LogP contribution in [0.15, 0.2) is 12.1 Å². The third-order valence-corrected chi connectivity index (χ3v) is 3.17. The summed E-state index contributed by atoms with van der Waals surface area (Å²) in [6.45, 7) is 0. The van der Waals surface area contributed by atoms with Crippen LogP contribution in [-0.4, -0.2) is 21.3 Å². The molecular formula is C15H11F5O3. The monoisotopic (exact) mass is 334 g/mol. The molecule has 0 aliphatic heterocycles. The first-order valence-electron chi connectivity index (χ1n) is 6.19. The minimum absolute atomic E-state index is 0.176. The van der Waals surface area contributed by atoms with E-state index < -0.39 is 40.2 Å². The molecule has 0 saturated heterocycles. The van der Waals surface area contributed by atoms with Gasteiger partial charge in [-0.05, 0) is 0 Å². The Morgan fingerprint density at radius 3 is 1.30 bits per heavy atom. The Kier molecular flexibility index (Phi) is 4.63. The van der Waals surface area contributed by atoms with Crippen LogP contribution in [0.2, 0.25) is 0 Å². The molecule has 0 spiro atoms. The van der Waals surface area contributed by atoms with Gasteiger partial charge in [-0.2, -0.15) is 0 Å². The molecule has 23 heavy (non-hydrogen) atoms. The Bertz CT molecular complexity index is 707. The van der Waals surface area contributed by atoms with Gasteiger partial charge >= 0.3 is 0 Å². The second kappa shape index (κ2) is 6.31. The van der Waals surface area contributed by atoms with Gasteiger partial charge in [0.1, 0.15) is 17.2 Å². The van der Waals surface area contributed by atoms with Gasteiger partial charge in [-0.1, -0.05) is 0 Å². The topological polar surface area (TPSA) is 27.7 Å². The molecule has 0 unspecified atom stereocenters. The number of rotatable bonds is 4. The number of methoxy groups -OCH3 is 3. The van der Waals surface area contributed by atoms with Gasteiger partial charge in [0, 0.05) is 12.1 Å². The van der Waals surface area contributed by atoms with Crippen molar-refractivity contribution in [1.29, 1.82) is 0 Å². The fraction of sp³-hybridized carbons (Fsp3) is 0.200. The van der Waals surface area contributed by atoms with Crippen LogP contribution in [0.1, 0.15) is 0 Å². The normalized spacial score (nSPS) is 10.6. The van der Waals surface area contributed by atoms with Crippen molar-refractivity contribution in [3.8, 4) is 28.4 Å². The van der Waals surface area contributed by atoms with E-state index in [1.807, 2.05) is 0 Å². The summed E-state index contributed by atoms with van der Waals surface area (Å²) in [5.74, 6) is -10.5. The van der Waals surface area contributed by atoms with E-state index in [4.69, 9.17) is 14.2 Å². The average Bonchev–Trinajstić information content (AvgIpc) is 2.58. The van der Waals surface area contributed by atoms with Crippen molar-refractivity contribution in [1.82, 2.24) is 0 Å². The second-order valence-electron chi connectivity index (χ2n) is 4.35. The molecule has 0 atom stereocenters. The average molecular weight is 334 g/mol. The molecule has 3 nitrogen and oxygen atoms in total. The van der Waals surface area contributed by atoms with Crippen molar-refractivity contribution in [3.05, 3.63) is 41.2 Å². The van der Waals surface area contributed by atoms with E-state index in [0.29, 0.717) is 0 Å². The molecule has 8 heteroatoms. The van der Waals surface area contributed by atoms with Crippen LogP contribution in [0.3, 0.4) is 0 Å². The minimum atomic E-state index is -2.24. The van der Waals surface area contributed by atoms with Gasteiger partial charge in [-0.15, -0.1) is 0 Å². The Balaban J connectivity index is 2.92. The maximum Gasteiger partial charge on any atom is 0.200 e. The number of halogens is 5. The maximum atomic E-state index is 14.0. The van der Waals surface area contributed by atoms with Gasteiger partial charge in [0.25, 0.3) is 0 Å². The summed E-state index contributed by atoms with van der Waals surface area (Å²) in [6.07, 6.45) is 0. The predicted molar refractivity (Wildman–Crippen MR) is 71.3 cm³/mol. The van der Waals surface area contributed by atoms with Crippen LogP contribution >= 0.6 is 0 Å². The molecule has 0 N–H and O–H groups in total. The van der Waals surface area contributed by atoms with Gasteiger partial charge in [-0.25, -0.2) is 22.0 Å². The quantitative estimate of drug-likeness (QED) is 0.479. The lowest BCUT2D eigenvalue weighted by Crippen LogP contribution is -2.06. The second-order valence-corrected chi connectivity index (χ2v) is 4.35. The third-order valence-electron chi connectivity index (χ3n) is 3.17. The van der Waals surface area contributed by atoms with E-state index in [1.165, 1.54) is 33.5 Å². The van der Waals surface area contributed by atoms with Crippen molar-refractivity contribution in [2.75, 3.05) is 21.3 Å². The molecule has 0 aliphatic rings. The molecule has 2 rings (SSSR count).